The predicted molar refractivity (Wildman–Crippen MR) is 82.9 cm³/mol. The summed E-state index contributed by atoms with van der Waals surface area (Å²) in [6.45, 7) is 5.35. The molecule has 0 aromatic heterocycles. The standard InChI is InChI=1S/C15H21ClN2O3/c1-3-17-14-5-4-11(16)6-13(14)15(20)18-7-12(8-19)21-9-10(18)2/h4-6,10,12,17,19H,3,7-9H2,1-2H3. The van der Waals surface area contributed by atoms with Crippen LogP contribution in [0.3, 0.4) is 0 Å². The third kappa shape index (κ3) is 3.67. The van der Waals surface area contributed by atoms with Gasteiger partial charge in [0.05, 0.1) is 30.9 Å². The van der Waals surface area contributed by atoms with Gasteiger partial charge in [-0.25, -0.2) is 0 Å². The van der Waals surface area contributed by atoms with Crippen molar-refractivity contribution in [3.8, 4) is 0 Å². The van der Waals surface area contributed by atoms with Crippen LogP contribution in [0.2, 0.25) is 5.02 Å². The number of nitrogens with one attached hydrogen (secondary N) is 1. The molecule has 0 saturated carbocycles. The van der Waals surface area contributed by atoms with Gasteiger partial charge in [0.1, 0.15) is 0 Å². The Kier molecular flexibility index (Phi) is 5.45. The number of carbonyl (C=O) groups is 1. The van der Waals surface area contributed by atoms with Crippen molar-refractivity contribution >= 4 is 23.2 Å². The van der Waals surface area contributed by atoms with E-state index in [2.05, 4.69) is 5.32 Å². The first kappa shape index (κ1) is 16.1. The van der Waals surface area contributed by atoms with Gasteiger partial charge in [-0.1, -0.05) is 11.6 Å². The molecule has 0 radical (unpaired) electrons. The number of halogens is 1. The van der Waals surface area contributed by atoms with Gasteiger partial charge in [-0.05, 0) is 32.0 Å². The maximum Gasteiger partial charge on any atom is 0.256 e. The van der Waals surface area contributed by atoms with Gasteiger partial charge in [-0.3, -0.25) is 4.79 Å². The number of benzene rings is 1. The summed E-state index contributed by atoms with van der Waals surface area (Å²) in [5, 5.41) is 12.9. The summed E-state index contributed by atoms with van der Waals surface area (Å²) in [5.41, 5.74) is 1.32. The molecule has 0 spiro atoms. The molecule has 1 aromatic rings. The summed E-state index contributed by atoms with van der Waals surface area (Å²) < 4.78 is 5.47. The van der Waals surface area contributed by atoms with Crippen LogP contribution in [0.15, 0.2) is 18.2 Å². The average molecular weight is 313 g/mol. The third-order valence-corrected chi connectivity index (χ3v) is 3.78. The van der Waals surface area contributed by atoms with Gasteiger partial charge < -0.3 is 20.1 Å². The Labute approximate surface area is 129 Å². The van der Waals surface area contributed by atoms with Crippen molar-refractivity contribution < 1.29 is 14.6 Å². The molecule has 1 aliphatic heterocycles. The smallest absolute Gasteiger partial charge is 0.256 e. The van der Waals surface area contributed by atoms with Crippen LogP contribution >= 0.6 is 11.6 Å². The zero-order valence-corrected chi connectivity index (χ0v) is 13.1. The Bertz CT molecular complexity index is 510. The number of morpholine rings is 1. The van der Waals surface area contributed by atoms with Gasteiger partial charge in [-0.2, -0.15) is 0 Å². The Morgan fingerprint density at radius 2 is 2.33 bits per heavy atom. The number of hydrogen-bond acceptors (Lipinski definition) is 4. The van der Waals surface area contributed by atoms with E-state index in [0.717, 1.165) is 12.2 Å². The third-order valence-electron chi connectivity index (χ3n) is 3.55. The van der Waals surface area contributed by atoms with Crippen molar-refractivity contribution in [3.63, 3.8) is 0 Å². The van der Waals surface area contributed by atoms with Crippen LogP contribution in [0.25, 0.3) is 0 Å². The highest BCUT2D eigenvalue weighted by atomic mass is 35.5. The lowest BCUT2D eigenvalue weighted by molar-refractivity contribution is -0.0667. The maximum atomic E-state index is 12.8. The molecule has 1 saturated heterocycles. The van der Waals surface area contributed by atoms with Crippen LogP contribution in [-0.2, 0) is 4.74 Å². The highest BCUT2D eigenvalue weighted by Crippen LogP contribution is 2.24. The summed E-state index contributed by atoms with van der Waals surface area (Å²) in [7, 11) is 0. The van der Waals surface area contributed by atoms with Crippen molar-refractivity contribution in [1.82, 2.24) is 4.90 Å². The Morgan fingerprint density at radius 1 is 1.57 bits per heavy atom. The second kappa shape index (κ2) is 7.11. The van der Waals surface area contributed by atoms with Crippen LogP contribution in [0.4, 0.5) is 5.69 Å². The topological polar surface area (TPSA) is 61.8 Å². The van der Waals surface area contributed by atoms with Crippen molar-refractivity contribution in [3.05, 3.63) is 28.8 Å². The lowest BCUT2D eigenvalue weighted by atomic mass is 10.1. The molecule has 2 atom stereocenters. The molecule has 116 valence electrons. The summed E-state index contributed by atoms with van der Waals surface area (Å²) in [4.78, 5) is 14.5. The molecule has 0 aliphatic carbocycles. The van der Waals surface area contributed by atoms with Crippen molar-refractivity contribution in [2.24, 2.45) is 0 Å². The summed E-state index contributed by atoms with van der Waals surface area (Å²) in [6.07, 6.45) is -0.327. The highest BCUT2D eigenvalue weighted by molar-refractivity contribution is 6.31. The molecular formula is C15H21ClN2O3. The van der Waals surface area contributed by atoms with Gasteiger partial charge in [0.15, 0.2) is 0 Å². The minimum Gasteiger partial charge on any atom is -0.394 e. The molecule has 21 heavy (non-hydrogen) atoms. The average Bonchev–Trinajstić information content (AvgIpc) is 2.49. The molecule has 1 fully saturated rings. The first-order valence-electron chi connectivity index (χ1n) is 7.13. The van der Waals surface area contributed by atoms with Crippen LogP contribution < -0.4 is 5.32 Å². The lowest BCUT2D eigenvalue weighted by Crippen LogP contribution is -2.52. The fourth-order valence-electron chi connectivity index (χ4n) is 2.40. The molecule has 2 N–H and O–H groups in total. The van der Waals surface area contributed by atoms with Crippen molar-refractivity contribution in [1.29, 1.82) is 0 Å². The van der Waals surface area contributed by atoms with Crippen LogP contribution in [0.5, 0.6) is 0 Å². The van der Waals surface area contributed by atoms with E-state index in [9.17, 15) is 9.90 Å². The van der Waals surface area contributed by atoms with Crippen LogP contribution in [0.1, 0.15) is 24.2 Å². The fourth-order valence-corrected chi connectivity index (χ4v) is 2.58. The quantitative estimate of drug-likeness (QED) is 0.892. The van der Waals surface area contributed by atoms with E-state index in [1.165, 1.54) is 0 Å². The van der Waals surface area contributed by atoms with E-state index >= 15 is 0 Å². The van der Waals surface area contributed by atoms with E-state index in [0.29, 0.717) is 23.7 Å². The number of hydrogen-bond donors (Lipinski definition) is 2. The first-order valence-corrected chi connectivity index (χ1v) is 7.51. The van der Waals surface area contributed by atoms with Gasteiger partial charge in [0.2, 0.25) is 0 Å². The minimum atomic E-state index is -0.327. The zero-order chi connectivity index (χ0) is 15.4. The minimum absolute atomic E-state index is 0.0336. The number of nitrogens with zero attached hydrogens (tertiary/aromatic N) is 1. The molecule has 1 heterocycles. The highest BCUT2D eigenvalue weighted by Gasteiger charge is 2.31. The van der Waals surface area contributed by atoms with E-state index in [1.54, 1.807) is 17.0 Å². The summed E-state index contributed by atoms with van der Waals surface area (Å²) in [6, 6.07) is 5.22. The Morgan fingerprint density at radius 3 is 3.00 bits per heavy atom. The molecule has 1 aliphatic rings. The van der Waals surface area contributed by atoms with E-state index < -0.39 is 0 Å². The largest absolute Gasteiger partial charge is 0.394 e. The van der Waals surface area contributed by atoms with Crippen molar-refractivity contribution in [2.75, 3.05) is 31.6 Å². The van der Waals surface area contributed by atoms with E-state index in [1.807, 2.05) is 19.9 Å². The molecule has 5 nitrogen and oxygen atoms in total. The molecular weight excluding hydrogens is 292 g/mol. The van der Waals surface area contributed by atoms with Gasteiger partial charge in [0.25, 0.3) is 5.91 Å². The van der Waals surface area contributed by atoms with Crippen molar-refractivity contribution in [2.45, 2.75) is 26.0 Å². The number of ether oxygens (including phenoxy) is 1. The molecule has 2 unspecified atom stereocenters. The molecule has 0 bridgehead atoms. The normalized spacial score (nSPS) is 22.2. The van der Waals surface area contributed by atoms with E-state index in [-0.39, 0.29) is 24.7 Å². The zero-order valence-electron chi connectivity index (χ0n) is 12.3. The maximum absolute atomic E-state index is 12.8. The van der Waals surface area contributed by atoms with E-state index in [4.69, 9.17) is 16.3 Å². The Balaban J connectivity index is 2.27. The number of anilines is 1. The number of rotatable bonds is 4. The number of amides is 1. The SMILES string of the molecule is CCNc1ccc(Cl)cc1C(=O)N1CC(CO)OCC1C. The molecule has 1 aromatic carbocycles. The van der Waals surface area contributed by atoms with Crippen LogP contribution in [0, 0.1) is 0 Å². The number of carbonyl (C=O) groups excluding carboxylic acids is 1. The van der Waals surface area contributed by atoms with Gasteiger partial charge in [0, 0.05) is 23.8 Å². The molecule has 6 heteroatoms. The Hall–Kier alpha value is -1.30. The first-order chi connectivity index (χ1) is 10.1. The number of aliphatic hydroxyl groups is 1. The predicted octanol–water partition coefficient (Wildman–Crippen LogP) is 1.99. The summed E-state index contributed by atoms with van der Waals surface area (Å²) in [5.74, 6) is -0.0947. The van der Waals surface area contributed by atoms with Gasteiger partial charge in [-0.15, -0.1) is 0 Å². The lowest BCUT2D eigenvalue weighted by Gasteiger charge is -2.37. The molecule has 2 rings (SSSR count). The number of aliphatic hydroxyl groups excluding tert-OH is 1. The summed E-state index contributed by atoms with van der Waals surface area (Å²) >= 11 is 6.03. The fraction of sp³-hybridized carbons (Fsp3) is 0.533. The van der Waals surface area contributed by atoms with Crippen LogP contribution in [-0.4, -0.2) is 54.4 Å². The monoisotopic (exact) mass is 312 g/mol. The second-order valence-corrected chi connectivity index (χ2v) is 5.60. The second-order valence-electron chi connectivity index (χ2n) is 5.16. The van der Waals surface area contributed by atoms with Gasteiger partial charge >= 0.3 is 0 Å². The molecule has 1 amide bonds.